The number of aryl methyl sites for hydroxylation is 2. The normalized spacial score (nSPS) is 11.0. The quantitative estimate of drug-likeness (QED) is 0.404. The fraction of sp³-hybridized carbons (Fsp3) is 0.158. The summed E-state index contributed by atoms with van der Waals surface area (Å²) in [6, 6.07) is 10.1. The average molecular weight is 408 g/mol. The summed E-state index contributed by atoms with van der Waals surface area (Å²) in [5.41, 5.74) is 2.90. The first kappa shape index (κ1) is 18.7. The third kappa shape index (κ3) is 3.34. The third-order valence-corrected chi connectivity index (χ3v) is 5.56. The van der Waals surface area contributed by atoms with E-state index in [1.165, 1.54) is 23.5 Å². The lowest BCUT2D eigenvalue weighted by atomic mass is 10.1. The molecule has 0 aliphatic rings. The van der Waals surface area contributed by atoms with E-state index in [9.17, 15) is 14.9 Å². The molecule has 0 spiro atoms. The molecule has 9 nitrogen and oxygen atoms in total. The molecule has 0 radical (unpaired) electrons. The number of carbonyl (C=O) groups is 1. The van der Waals surface area contributed by atoms with Crippen molar-refractivity contribution in [2.45, 2.75) is 20.8 Å². The van der Waals surface area contributed by atoms with Gasteiger partial charge in [0, 0.05) is 28.4 Å². The standard InChI is InChI=1S/C19H16N6O3S/c1-10-9-13(18-23-24-12(3)21-22-19(24)29-18)7-8-15(10)20-17(26)14-5-4-6-16(11(14)2)25(27)28/h4-9H,1-3H3,(H,20,26). The van der Waals surface area contributed by atoms with Crippen molar-refractivity contribution >= 4 is 33.6 Å². The minimum Gasteiger partial charge on any atom is -0.322 e. The smallest absolute Gasteiger partial charge is 0.273 e. The molecule has 0 atom stereocenters. The van der Waals surface area contributed by atoms with Crippen LogP contribution in [0.15, 0.2) is 36.4 Å². The summed E-state index contributed by atoms with van der Waals surface area (Å²) in [7, 11) is 0. The molecule has 1 N–H and O–H groups in total. The van der Waals surface area contributed by atoms with Crippen LogP contribution in [0.3, 0.4) is 0 Å². The zero-order chi connectivity index (χ0) is 20.7. The minimum atomic E-state index is -0.492. The number of anilines is 1. The van der Waals surface area contributed by atoms with Gasteiger partial charge in [0.25, 0.3) is 11.6 Å². The molecule has 10 heteroatoms. The van der Waals surface area contributed by atoms with E-state index < -0.39 is 10.8 Å². The molecular formula is C19H16N6O3S. The van der Waals surface area contributed by atoms with Gasteiger partial charge in [0.2, 0.25) is 4.96 Å². The van der Waals surface area contributed by atoms with Gasteiger partial charge in [-0.05, 0) is 50.6 Å². The van der Waals surface area contributed by atoms with Gasteiger partial charge in [0.05, 0.1) is 4.92 Å². The lowest BCUT2D eigenvalue weighted by molar-refractivity contribution is -0.385. The van der Waals surface area contributed by atoms with Gasteiger partial charge in [-0.2, -0.15) is 9.61 Å². The van der Waals surface area contributed by atoms with E-state index in [-0.39, 0.29) is 11.3 Å². The van der Waals surface area contributed by atoms with Crippen LogP contribution in [0, 0.1) is 30.9 Å². The Bertz CT molecular complexity index is 1280. The summed E-state index contributed by atoms with van der Waals surface area (Å²) in [6.07, 6.45) is 0. The van der Waals surface area contributed by atoms with Gasteiger partial charge < -0.3 is 5.32 Å². The van der Waals surface area contributed by atoms with Crippen LogP contribution in [0.4, 0.5) is 11.4 Å². The number of nitro groups is 1. The molecule has 0 unspecified atom stereocenters. The highest BCUT2D eigenvalue weighted by molar-refractivity contribution is 7.19. The van der Waals surface area contributed by atoms with E-state index in [1.807, 2.05) is 26.0 Å². The Morgan fingerprint density at radius 3 is 2.66 bits per heavy atom. The van der Waals surface area contributed by atoms with E-state index in [1.54, 1.807) is 23.6 Å². The zero-order valence-corrected chi connectivity index (χ0v) is 16.6. The number of nitro benzene ring substituents is 1. The fourth-order valence-electron chi connectivity index (χ4n) is 3.03. The number of amides is 1. The summed E-state index contributed by atoms with van der Waals surface area (Å²) < 4.78 is 1.69. The number of benzene rings is 2. The number of hydrogen-bond donors (Lipinski definition) is 1. The van der Waals surface area contributed by atoms with Gasteiger partial charge in [-0.1, -0.05) is 17.4 Å². The molecule has 0 aliphatic heterocycles. The number of rotatable bonds is 4. The molecule has 29 heavy (non-hydrogen) atoms. The summed E-state index contributed by atoms with van der Waals surface area (Å²) in [4.78, 5) is 24.0. The van der Waals surface area contributed by atoms with Crippen LogP contribution in [0.25, 0.3) is 15.5 Å². The van der Waals surface area contributed by atoms with Crippen molar-refractivity contribution in [3.63, 3.8) is 0 Å². The van der Waals surface area contributed by atoms with E-state index in [0.717, 1.165) is 22.0 Å². The summed E-state index contributed by atoms with van der Waals surface area (Å²) in [5, 5.41) is 27.3. The van der Waals surface area contributed by atoms with Crippen LogP contribution in [0.1, 0.15) is 27.3 Å². The van der Waals surface area contributed by atoms with Gasteiger partial charge in [0.15, 0.2) is 5.82 Å². The Hall–Kier alpha value is -3.66. The van der Waals surface area contributed by atoms with Crippen LogP contribution in [0.5, 0.6) is 0 Å². The molecule has 0 saturated carbocycles. The van der Waals surface area contributed by atoms with E-state index >= 15 is 0 Å². The Morgan fingerprint density at radius 2 is 1.97 bits per heavy atom. The average Bonchev–Trinajstić information content (AvgIpc) is 3.25. The lowest BCUT2D eigenvalue weighted by Crippen LogP contribution is -2.14. The first-order valence-corrected chi connectivity index (χ1v) is 9.52. The monoisotopic (exact) mass is 408 g/mol. The predicted molar refractivity (Wildman–Crippen MR) is 109 cm³/mol. The van der Waals surface area contributed by atoms with Crippen molar-refractivity contribution in [1.29, 1.82) is 0 Å². The van der Waals surface area contributed by atoms with Crippen molar-refractivity contribution < 1.29 is 9.72 Å². The maximum absolute atomic E-state index is 12.7. The minimum absolute atomic E-state index is 0.0803. The number of nitrogens with one attached hydrogen (secondary N) is 1. The molecular weight excluding hydrogens is 392 g/mol. The molecule has 0 fully saturated rings. The lowest BCUT2D eigenvalue weighted by Gasteiger charge is -2.11. The molecule has 0 bridgehead atoms. The molecule has 4 aromatic rings. The number of nitrogens with zero attached hydrogens (tertiary/aromatic N) is 5. The summed E-state index contributed by atoms with van der Waals surface area (Å²) in [5.74, 6) is 0.326. The SMILES string of the molecule is Cc1cc(-c2nn3c(C)nnc3s2)ccc1NC(=O)c1cccc([N+](=O)[O-])c1C. The summed E-state index contributed by atoms with van der Waals surface area (Å²) in [6.45, 7) is 5.28. The molecule has 0 aliphatic carbocycles. The number of fused-ring (bicyclic) bond motifs is 1. The molecule has 2 aromatic heterocycles. The van der Waals surface area contributed by atoms with Gasteiger partial charge in [-0.25, -0.2) is 0 Å². The van der Waals surface area contributed by atoms with E-state index in [4.69, 9.17) is 0 Å². The van der Waals surface area contributed by atoms with Gasteiger partial charge in [-0.3, -0.25) is 14.9 Å². The second kappa shape index (κ2) is 7.06. The largest absolute Gasteiger partial charge is 0.322 e. The van der Waals surface area contributed by atoms with Crippen LogP contribution in [-0.2, 0) is 0 Å². The van der Waals surface area contributed by atoms with Crippen molar-refractivity contribution in [1.82, 2.24) is 19.8 Å². The molecule has 0 saturated heterocycles. The number of carbonyl (C=O) groups excluding carboxylic acids is 1. The predicted octanol–water partition coefficient (Wildman–Crippen LogP) is 3.94. The van der Waals surface area contributed by atoms with Crippen LogP contribution in [-0.4, -0.2) is 30.6 Å². The van der Waals surface area contributed by atoms with Crippen LogP contribution < -0.4 is 5.32 Å². The third-order valence-electron chi connectivity index (χ3n) is 4.61. The van der Waals surface area contributed by atoms with E-state index in [2.05, 4.69) is 20.6 Å². The van der Waals surface area contributed by atoms with Crippen molar-refractivity contribution in [3.8, 4) is 10.6 Å². The first-order valence-electron chi connectivity index (χ1n) is 8.70. The van der Waals surface area contributed by atoms with Crippen LogP contribution in [0.2, 0.25) is 0 Å². The highest BCUT2D eigenvalue weighted by Gasteiger charge is 2.19. The topological polar surface area (TPSA) is 115 Å². The number of aromatic nitrogens is 4. The molecule has 2 aromatic carbocycles. The van der Waals surface area contributed by atoms with Crippen molar-refractivity contribution in [2.75, 3.05) is 5.32 Å². The van der Waals surface area contributed by atoms with Gasteiger partial charge >= 0.3 is 0 Å². The van der Waals surface area contributed by atoms with Crippen LogP contribution >= 0.6 is 11.3 Å². The maximum Gasteiger partial charge on any atom is 0.273 e. The van der Waals surface area contributed by atoms with Crippen molar-refractivity contribution in [3.05, 3.63) is 69.0 Å². The highest BCUT2D eigenvalue weighted by atomic mass is 32.1. The van der Waals surface area contributed by atoms with E-state index in [0.29, 0.717) is 16.2 Å². The number of hydrogen-bond acceptors (Lipinski definition) is 7. The summed E-state index contributed by atoms with van der Waals surface area (Å²) >= 11 is 1.43. The zero-order valence-electron chi connectivity index (χ0n) is 15.8. The maximum atomic E-state index is 12.7. The molecule has 4 rings (SSSR count). The second-order valence-corrected chi connectivity index (χ2v) is 7.50. The van der Waals surface area contributed by atoms with Crippen molar-refractivity contribution in [2.24, 2.45) is 0 Å². The fourth-order valence-corrected chi connectivity index (χ4v) is 3.91. The van der Waals surface area contributed by atoms with Gasteiger partial charge in [0.1, 0.15) is 5.01 Å². The first-order chi connectivity index (χ1) is 13.8. The Morgan fingerprint density at radius 1 is 1.17 bits per heavy atom. The van der Waals surface area contributed by atoms with Gasteiger partial charge in [-0.15, -0.1) is 10.2 Å². The second-order valence-electron chi connectivity index (χ2n) is 6.54. The highest BCUT2D eigenvalue weighted by Crippen LogP contribution is 2.29. The molecule has 2 heterocycles. The Labute approximate surface area is 169 Å². The molecule has 146 valence electrons. The molecule has 1 amide bonds. The Kier molecular flexibility index (Phi) is 4.55. The Balaban J connectivity index is 1.61.